The van der Waals surface area contributed by atoms with Gasteiger partial charge in [0.1, 0.15) is 5.75 Å². The first-order valence-corrected chi connectivity index (χ1v) is 6.91. The van der Waals surface area contributed by atoms with Crippen LogP contribution < -0.4 is 0 Å². The molecule has 112 valence electrons. The second-order valence-electron chi connectivity index (χ2n) is 4.83. The van der Waals surface area contributed by atoms with Gasteiger partial charge in [0, 0.05) is 5.56 Å². The lowest BCUT2D eigenvalue weighted by atomic mass is 10.1. The molecule has 0 amide bonds. The number of hydrogen-bond donors (Lipinski definition) is 3. The molecule has 0 saturated heterocycles. The molecular formula is C18H22O3. The molecule has 3 N–H and O–H groups in total. The molecule has 0 aliphatic carbocycles. The van der Waals surface area contributed by atoms with Gasteiger partial charge in [0.05, 0.1) is 0 Å². The number of aromatic hydroxyl groups is 3. The zero-order valence-electron chi connectivity index (χ0n) is 12.5. The van der Waals surface area contributed by atoms with Gasteiger partial charge in [0.15, 0.2) is 11.5 Å². The molecule has 0 fully saturated rings. The summed E-state index contributed by atoms with van der Waals surface area (Å²) >= 11 is 0. The molecule has 0 heterocycles. The highest BCUT2D eigenvalue weighted by Gasteiger charge is 2.03. The molecule has 0 radical (unpaired) electrons. The van der Waals surface area contributed by atoms with E-state index in [-0.39, 0.29) is 11.5 Å². The molecule has 2 aromatic carbocycles. The maximum atomic E-state index is 9.28. The summed E-state index contributed by atoms with van der Waals surface area (Å²) in [5.41, 5.74) is 2.52. The van der Waals surface area contributed by atoms with Crippen molar-refractivity contribution in [2.24, 2.45) is 0 Å². The van der Waals surface area contributed by atoms with E-state index in [0.29, 0.717) is 5.75 Å². The van der Waals surface area contributed by atoms with Crippen LogP contribution in [0.15, 0.2) is 49.0 Å². The minimum atomic E-state index is -0.0315. The van der Waals surface area contributed by atoms with Crippen LogP contribution in [0.3, 0.4) is 0 Å². The van der Waals surface area contributed by atoms with Crippen molar-refractivity contribution in [3.05, 3.63) is 60.2 Å². The number of phenolic OH excluding ortho intramolecular Hbond substituents is 3. The minimum absolute atomic E-state index is 0.0225. The fourth-order valence-electron chi connectivity index (χ4n) is 1.88. The molecule has 3 heteroatoms. The summed E-state index contributed by atoms with van der Waals surface area (Å²) in [7, 11) is 0. The number of aryl methyl sites for hydroxylation is 1. The third-order valence-corrected chi connectivity index (χ3v) is 2.98. The summed E-state index contributed by atoms with van der Waals surface area (Å²) in [6.45, 7) is 7.63. The Morgan fingerprint density at radius 3 is 2.10 bits per heavy atom. The Bertz CT molecular complexity index is 603. The third kappa shape index (κ3) is 4.88. The van der Waals surface area contributed by atoms with Crippen LogP contribution in [-0.2, 0) is 6.42 Å². The van der Waals surface area contributed by atoms with E-state index in [2.05, 4.69) is 6.58 Å². The third-order valence-electron chi connectivity index (χ3n) is 2.98. The van der Waals surface area contributed by atoms with Crippen molar-refractivity contribution >= 4 is 5.57 Å². The highest BCUT2D eigenvalue weighted by atomic mass is 16.3. The van der Waals surface area contributed by atoms with Crippen LogP contribution in [-0.4, -0.2) is 15.3 Å². The normalized spacial score (nSPS) is 9.62. The average molecular weight is 286 g/mol. The molecule has 0 unspecified atom stereocenters. The number of benzene rings is 2. The van der Waals surface area contributed by atoms with Crippen LogP contribution in [0.25, 0.3) is 5.57 Å². The van der Waals surface area contributed by atoms with Gasteiger partial charge in [-0.1, -0.05) is 50.3 Å². The lowest BCUT2D eigenvalue weighted by molar-refractivity contribution is 0.399. The van der Waals surface area contributed by atoms with E-state index in [1.54, 1.807) is 18.2 Å². The summed E-state index contributed by atoms with van der Waals surface area (Å²) < 4.78 is 0. The summed E-state index contributed by atoms with van der Waals surface area (Å²) in [6, 6.07) is 12.2. The average Bonchev–Trinajstić information content (AvgIpc) is 2.45. The van der Waals surface area contributed by atoms with Crippen LogP contribution in [0.5, 0.6) is 17.2 Å². The van der Waals surface area contributed by atoms with Gasteiger partial charge in [-0.15, -0.1) is 0 Å². The van der Waals surface area contributed by atoms with Crippen molar-refractivity contribution < 1.29 is 15.3 Å². The quantitative estimate of drug-likeness (QED) is 0.729. The Labute approximate surface area is 125 Å². The van der Waals surface area contributed by atoms with E-state index in [4.69, 9.17) is 5.11 Å². The molecule has 0 saturated carbocycles. The largest absolute Gasteiger partial charge is 0.507 e. The van der Waals surface area contributed by atoms with Gasteiger partial charge in [-0.3, -0.25) is 0 Å². The van der Waals surface area contributed by atoms with Gasteiger partial charge in [-0.2, -0.15) is 0 Å². The minimum Gasteiger partial charge on any atom is -0.507 e. The fourth-order valence-corrected chi connectivity index (χ4v) is 1.88. The Kier molecular flexibility index (Phi) is 6.34. The number of phenols is 3. The van der Waals surface area contributed by atoms with Crippen LogP contribution in [0.1, 0.15) is 31.4 Å². The zero-order chi connectivity index (χ0) is 15.8. The van der Waals surface area contributed by atoms with Crippen LogP contribution in [0, 0.1) is 0 Å². The predicted octanol–water partition coefficient (Wildman–Crippen LogP) is 4.48. The molecular weight excluding hydrogens is 264 g/mol. The summed E-state index contributed by atoms with van der Waals surface area (Å²) in [5, 5.41) is 27.6. The van der Waals surface area contributed by atoms with Crippen molar-refractivity contribution in [3.8, 4) is 17.2 Å². The first-order valence-electron chi connectivity index (χ1n) is 6.91. The van der Waals surface area contributed by atoms with Crippen molar-refractivity contribution in [1.82, 2.24) is 0 Å². The Morgan fingerprint density at radius 1 is 0.952 bits per heavy atom. The summed E-state index contributed by atoms with van der Waals surface area (Å²) in [6.07, 6.45) is 1.78. The van der Waals surface area contributed by atoms with Crippen LogP contribution >= 0.6 is 0 Å². The topological polar surface area (TPSA) is 60.7 Å². The zero-order valence-corrected chi connectivity index (χ0v) is 12.5. The van der Waals surface area contributed by atoms with E-state index >= 15 is 0 Å². The maximum Gasteiger partial charge on any atom is 0.160 e. The highest BCUT2D eigenvalue weighted by molar-refractivity contribution is 5.66. The van der Waals surface area contributed by atoms with Crippen LogP contribution in [0.4, 0.5) is 0 Å². The van der Waals surface area contributed by atoms with Gasteiger partial charge in [-0.25, -0.2) is 0 Å². The summed E-state index contributed by atoms with van der Waals surface area (Å²) in [5.74, 6) is 0.292. The molecule has 2 rings (SSSR count). The van der Waals surface area contributed by atoms with E-state index in [1.165, 1.54) is 6.07 Å². The summed E-state index contributed by atoms with van der Waals surface area (Å²) in [4.78, 5) is 0. The second-order valence-corrected chi connectivity index (χ2v) is 4.83. The molecule has 0 spiro atoms. The molecule has 0 atom stereocenters. The first-order chi connectivity index (χ1) is 9.97. The number of allylic oxidation sites excluding steroid dienone is 1. The van der Waals surface area contributed by atoms with Gasteiger partial charge in [0.2, 0.25) is 0 Å². The van der Waals surface area contributed by atoms with Gasteiger partial charge < -0.3 is 15.3 Å². The van der Waals surface area contributed by atoms with Crippen LogP contribution in [0.2, 0.25) is 0 Å². The van der Waals surface area contributed by atoms with Gasteiger partial charge in [0.25, 0.3) is 0 Å². The molecule has 0 aliphatic rings. The van der Waals surface area contributed by atoms with Crippen molar-refractivity contribution in [2.45, 2.75) is 26.7 Å². The molecule has 2 aromatic rings. The molecule has 3 nitrogen and oxygen atoms in total. The Morgan fingerprint density at radius 2 is 1.57 bits per heavy atom. The smallest absolute Gasteiger partial charge is 0.160 e. The lowest BCUT2D eigenvalue weighted by Crippen LogP contribution is -1.83. The van der Waals surface area contributed by atoms with Crippen molar-refractivity contribution in [2.75, 3.05) is 0 Å². The number of para-hydroxylation sites is 2. The van der Waals surface area contributed by atoms with Crippen molar-refractivity contribution in [1.29, 1.82) is 0 Å². The molecule has 0 bridgehead atoms. The highest BCUT2D eigenvalue weighted by Crippen LogP contribution is 2.28. The van der Waals surface area contributed by atoms with E-state index < -0.39 is 0 Å². The van der Waals surface area contributed by atoms with Gasteiger partial charge in [-0.05, 0) is 36.6 Å². The SMILES string of the molecule is C=C(C)c1ccccc1O.CCCc1cccc(O)c1O. The predicted molar refractivity (Wildman–Crippen MR) is 86.6 cm³/mol. The maximum absolute atomic E-state index is 9.28. The van der Waals surface area contributed by atoms with E-state index in [0.717, 1.165) is 29.5 Å². The Hall–Kier alpha value is -2.42. The monoisotopic (exact) mass is 286 g/mol. The standard InChI is InChI=1S/C9H12O2.C9H10O/c1-2-4-7-5-3-6-8(10)9(7)11;1-7(2)8-5-3-4-6-9(8)10/h3,5-6,10-11H,2,4H2,1H3;3-6,10H,1H2,2H3. The fraction of sp³-hybridized carbons (Fsp3) is 0.222. The molecule has 0 aromatic heterocycles. The van der Waals surface area contributed by atoms with E-state index in [9.17, 15) is 10.2 Å². The number of rotatable bonds is 3. The first kappa shape index (κ1) is 16.6. The van der Waals surface area contributed by atoms with Crippen molar-refractivity contribution in [3.63, 3.8) is 0 Å². The van der Waals surface area contributed by atoms with E-state index in [1.807, 2.05) is 32.0 Å². The lowest BCUT2D eigenvalue weighted by Gasteiger charge is -2.03. The van der Waals surface area contributed by atoms with Gasteiger partial charge >= 0.3 is 0 Å². The molecule has 0 aliphatic heterocycles. The number of hydrogen-bond acceptors (Lipinski definition) is 3. The Balaban J connectivity index is 0.000000211. The molecule has 21 heavy (non-hydrogen) atoms. The second kappa shape index (κ2) is 8.00.